The Morgan fingerprint density at radius 1 is 0.760 bits per heavy atom. The van der Waals surface area contributed by atoms with E-state index in [4.69, 9.17) is 0 Å². The van der Waals surface area contributed by atoms with E-state index in [-0.39, 0.29) is 10.6 Å². The van der Waals surface area contributed by atoms with Gasteiger partial charge in [-0.15, -0.1) is 0 Å². The zero-order valence-corrected chi connectivity index (χ0v) is 13.8. The fourth-order valence-corrected chi connectivity index (χ4v) is 4.26. The molecule has 0 heterocycles. The van der Waals surface area contributed by atoms with Crippen LogP contribution in [0.2, 0.25) is 0 Å². The zero-order chi connectivity index (χ0) is 18.1. The van der Waals surface area contributed by atoms with Gasteiger partial charge in [0, 0.05) is 10.6 Å². The molecule has 25 heavy (non-hydrogen) atoms. The van der Waals surface area contributed by atoms with E-state index in [0.29, 0.717) is 11.1 Å². The van der Waals surface area contributed by atoms with Crippen LogP contribution in [0, 0.1) is 0 Å². The number of rotatable bonds is 3. The van der Waals surface area contributed by atoms with Gasteiger partial charge in [0.05, 0.1) is 5.56 Å². The quantitative estimate of drug-likeness (QED) is 0.692. The summed E-state index contributed by atoms with van der Waals surface area (Å²) >= 11 is 0. The second kappa shape index (κ2) is 6.51. The summed E-state index contributed by atoms with van der Waals surface area (Å²) < 4.78 is 51.2. The standard InChI is InChI=1S/C19H14F3O2P/c20-19(21,22)15-12-10-14(11-13-15)17-8-4-5-9-18(17)25(23,24)16-6-2-1-3-7-16/h1-13H,(H,23,24). The van der Waals surface area contributed by atoms with Crippen molar-refractivity contribution in [1.29, 1.82) is 0 Å². The first kappa shape index (κ1) is 17.5. The van der Waals surface area contributed by atoms with Gasteiger partial charge in [-0.05, 0) is 41.5 Å². The Kier molecular flexibility index (Phi) is 4.55. The summed E-state index contributed by atoms with van der Waals surface area (Å²) in [5, 5.41) is 0.468. The topological polar surface area (TPSA) is 37.3 Å². The molecule has 2 nitrogen and oxygen atoms in total. The van der Waals surface area contributed by atoms with E-state index in [9.17, 15) is 22.6 Å². The molecule has 3 aromatic carbocycles. The highest BCUT2D eigenvalue weighted by Crippen LogP contribution is 2.41. The van der Waals surface area contributed by atoms with Crippen molar-refractivity contribution in [3.05, 3.63) is 84.4 Å². The molecule has 0 saturated heterocycles. The zero-order valence-electron chi connectivity index (χ0n) is 12.9. The van der Waals surface area contributed by atoms with E-state index in [0.717, 1.165) is 12.1 Å². The van der Waals surface area contributed by atoms with Crippen LogP contribution in [0.3, 0.4) is 0 Å². The van der Waals surface area contributed by atoms with Crippen molar-refractivity contribution in [1.82, 2.24) is 0 Å². The van der Waals surface area contributed by atoms with Crippen molar-refractivity contribution in [2.75, 3.05) is 0 Å². The van der Waals surface area contributed by atoms with E-state index in [1.165, 1.54) is 18.2 Å². The highest BCUT2D eigenvalue weighted by atomic mass is 31.2. The maximum atomic E-state index is 13.0. The average Bonchev–Trinajstić information content (AvgIpc) is 2.62. The second-order valence-corrected chi connectivity index (χ2v) is 7.65. The summed E-state index contributed by atoms with van der Waals surface area (Å²) in [5.74, 6) is 0. The van der Waals surface area contributed by atoms with Crippen LogP contribution in [0.4, 0.5) is 13.2 Å². The molecular formula is C19H14F3O2P. The molecule has 0 saturated carbocycles. The molecule has 0 radical (unpaired) electrons. The van der Waals surface area contributed by atoms with E-state index in [1.54, 1.807) is 48.5 Å². The van der Waals surface area contributed by atoms with Crippen LogP contribution in [-0.4, -0.2) is 4.89 Å². The number of hydrogen-bond acceptors (Lipinski definition) is 1. The molecule has 0 aliphatic rings. The summed E-state index contributed by atoms with van der Waals surface area (Å²) in [7, 11) is -3.87. The van der Waals surface area contributed by atoms with Crippen molar-refractivity contribution < 1.29 is 22.6 Å². The normalized spacial score (nSPS) is 14.1. The third kappa shape index (κ3) is 3.53. The lowest BCUT2D eigenvalue weighted by atomic mass is 10.0. The van der Waals surface area contributed by atoms with E-state index >= 15 is 0 Å². The third-order valence-corrected chi connectivity index (χ3v) is 5.90. The van der Waals surface area contributed by atoms with Gasteiger partial charge < -0.3 is 4.89 Å². The Bertz CT molecular complexity index is 919. The van der Waals surface area contributed by atoms with Gasteiger partial charge in [-0.1, -0.05) is 48.5 Å². The minimum atomic E-state index is -4.42. The van der Waals surface area contributed by atoms with Crippen LogP contribution in [0.1, 0.15) is 5.56 Å². The van der Waals surface area contributed by atoms with Crippen molar-refractivity contribution in [2.24, 2.45) is 0 Å². The van der Waals surface area contributed by atoms with Crippen LogP contribution in [-0.2, 0) is 10.7 Å². The molecule has 6 heteroatoms. The number of halogens is 3. The highest BCUT2D eigenvalue weighted by molar-refractivity contribution is 7.73. The molecule has 1 N–H and O–H groups in total. The molecular weight excluding hydrogens is 348 g/mol. The third-order valence-electron chi connectivity index (χ3n) is 3.86. The molecule has 3 rings (SSSR count). The second-order valence-electron chi connectivity index (χ2n) is 5.50. The summed E-state index contributed by atoms with van der Waals surface area (Å²) in [6, 6.07) is 19.2. The van der Waals surface area contributed by atoms with Crippen molar-refractivity contribution in [3.63, 3.8) is 0 Å². The Hall–Kier alpha value is -2.36. The van der Waals surface area contributed by atoms with Gasteiger partial charge in [-0.25, -0.2) is 0 Å². The first-order valence-electron chi connectivity index (χ1n) is 7.46. The number of benzene rings is 3. The lowest BCUT2D eigenvalue weighted by Crippen LogP contribution is -2.17. The monoisotopic (exact) mass is 362 g/mol. The minimum Gasteiger partial charge on any atom is -0.338 e. The van der Waals surface area contributed by atoms with Crippen molar-refractivity contribution in [3.8, 4) is 11.1 Å². The van der Waals surface area contributed by atoms with Gasteiger partial charge in [-0.2, -0.15) is 13.2 Å². The predicted molar refractivity (Wildman–Crippen MR) is 92.4 cm³/mol. The molecule has 0 aromatic heterocycles. The van der Waals surface area contributed by atoms with E-state index < -0.39 is 19.1 Å². The highest BCUT2D eigenvalue weighted by Gasteiger charge is 2.31. The maximum absolute atomic E-state index is 13.0. The van der Waals surface area contributed by atoms with Gasteiger partial charge in [-0.3, -0.25) is 4.57 Å². The van der Waals surface area contributed by atoms with E-state index in [1.807, 2.05) is 0 Å². The average molecular weight is 362 g/mol. The molecule has 0 fully saturated rings. The van der Waals surface area contributed by atoms with E-state index in [2.05, 4.69) is 0 Å². The molecule has 0 aliphatic carbocycles. The van der Waals surface area contributed by atoms with Gasteiger partial charge in [0.25, 0.3) is 7.37 Å². The van der Waals surface area contributed by atoms with Crippen molar-refractivity contribution in [2.45, 2.75) is 6.18 Å². The van der Waals surface area contributed by atoms with Gasteiger partial charge in [0.2, 0.25) is 0 Å². The lowest BCUT2D eigenvalue weighted by molar-refractivity contribution is -0.137. The van der Waals surface area contributed by atoms with Gasteiger partial charge in [0.15, 0.2) is 0 Å². The first-order valence-corrected chi connectivity index (χ1v) is 9.12. The maximum Gasteiger partial charge on any atom is 0.416 e. The lowest BCUT2D eigenvalue weighted by Gasteiger charge is -2.17. The van der Waals surface area contributed by atoms with Gasteiger partial charge in [0.1, 0.15) is 0 Å². The van der Waals surface area contributed by atoms with Crippen LogP contribution in [0.15, 0.2) is 78.9 Å². The molecule has 3 aromatic rings. The summed E-state index contributed by atoms with van der Waals surface area (Å²) in [4.78, 5) is 10.7. The van der Waals surface area contributed by atoms with Crippen LogP contribution in [0.25, 0.3) is 11.1 Å². The number of hydrogen-bond donors (Lipinski definition) is 1. The van der Waals surface area contributed by atoms with Crippen LogP contribution in [0.5, 0.6) is 0 Å². The van der Waals surface area contributed by atoms with Crippen LogP contribution < -0.4 is 10.6 Å². The largest absolute Gasteiger partial charge is 0.416 e. The summed E-state index contributed by atoms with van der Waals surface area (Å²) in [6.07, 6.45) is -4.42. The molecule has 0 aliphatic heterocycles. The SMILES string of the molecule is O=P(O)(c1ccccc1)c1ccccc1-c1ccc(C(F)(F)F)cc1. The Morgan fingerprint density at radius 2 is 1.32 bits per heavy atom. The predicted octanol–water partition coefficient (Wildman–Crippen LogP) is 4.59. The Balaban J connectivity index is 2.10. The summed E-state index contributed by atoms with van der Waals surface area (Å²) in [5.41, 5.74) is 0.128. The van der Waals surface area contributed by atoms with Crippen LogP contribution >= 0.6 is 7.37 Å². The fraction of sp³-hybridized carbons (Fsp3) is 0.0526. The Morgan fingerprint density at radius 3 is 1.92 bits per heavy atom. The molecule has 1 unspecified atom stereocenters. The van der Waals surface area contributed by atoms with Gasteiger partial charge >= 0.3 is 6.18 Å². The molecule has 0 bridgehead atoms. The fourth-order valence-electron chi connectivity index (χ4n) is 2.59. The first-order chi connectivity index (χ1) is 11.8. The Labute approximate surface area is 143 Å². The molecule has 128 valence electrons. The smallest absolute Gasteiger partial charge is 0.338 e. The molecule has 0 spiro atoms. The molecule has 0 amide bonds. The molecule has 1 atom stereocenters. The minimum absolute atomic E-state index is 0.195. The summed E-state index contributed by atoms with van der Waals surface area (Å²) in [6.45, 7) is 0. The number of alkyl halides is 3. The van der Waals surface area contributed by atoms with Crippen molar-refractivity contribution >= 4 is 18.0 Å².